The van der Waals surface area contributed by atoms with E-state index in [2.05, 4.69) is 5.32 Å². The molecule has 9 nitrogen and oxygen atoms in total. The molecule has 35 heavy (non-hydrogen) atoms. The topological polar surface area (TPSA) is 103 Å². The summed E-state index contributed by atoms with van der Waals surface area (Å²) in [5.41, 5.74) is 1.36. The van der Waals surface area contributed by atoms with E-state index in [4.69, 9.17) is 18.9 Å². The molecule has 3 rings (SSSR count). The molecular formula is C25H34N2O7S. The quantitative estimate of drug-likeness (QED) is 0.468. The Bertz CT molecular complexity index is 1120. The molecule has 192 valence electrons. The summed E-state index contributed by atoms with van der Waals surface area (Å²) < 4.78 is 48.5. The number of sulfonamides is 1. The zero-order valence-electron chi connectivity index (χ0n) is 20.7. The molecule has 1 aliphatic rings. The van der Waals surface area contributed by atoms with Crippen LogP contribution in [-0.4, -0.2) is 53.6 Å². The Labute approximate surface area is 207 Å². The van der Waals surface area contributed by atoms with E-state index in [1.54, 1.807) is 18.2 Å². The van der Waals surface area contributed by atoms with Crippen LogP contribution in [-0.2, 0) is 14.8 Å². The lowest BCUT2D eigenvalue weighted by Gasteiger charge is -2.25. The Kier molecular flexibility index (Phi) is 9.08. The minimum atomic E-state index is -3.55. The van der Waals surface area contributed by atoms with Gasteiger partial charge in [-0.3, -0.25) is 9.10 Å². The van der Waals surface area contributed by atoms with Gasteiger partial charge < -0.3 is 24.3 Å². The van der Waals surface area contributed by atoms with Gasteiger partial charge in [0.05, 0.1) is 31.2 Å². The van der Waals surface area contributed by atoms with Gasteiger partial charge in [-0.25, -0.2) is 8.42 Å². The zero-order valence-corrected chi connectivity index (χ0v) is 21.5. The van der Waals surface area contributed by atoms with E-state index in [9.17, 15) is 13.2 Å². The minimum Gasteiger partial charge on any atom is -0.490 e. The van der Waals surface area contributed by atoms with Crippen LogP contribution in [0, 0.1) is 0 Å². The highest BCUT2D eigenvalue weighted by atomic mass is 32.2. The van der Waals surface area contributed by atoms with Gasteiger partial charge in [-0.05, 0) is 57.0 Å². The molecule has 2 aromatic rings. The van der Waals surface area contributed by atoms with Crippen molar-refractivity contribution in [2.75, 3.05) is 43.5 Å². The van der Waals surface area contributed by atoms with Gasteiger partial charge in [0.25, 0.3) is 0 Å². The number of nitrogens with zero attached hydrogens (tertiary/aromatic N) is 1. The molecule has 0 saturated heterocycles. The van der Waals surface area contributed by atoms with Crippen molar-refractivity contribution in [2.24, 2.45) is 0 Å². The van der Waals surface area contributed by atoms with Crippen molar-refractivity contribution in [3.8, 4) is 23.0 Å². The van der Waals surface area contributed by atoms with Crippen LogP contribution in [0.2, 0.25) is 0 Å². The minimum absolute atomic E-state index is 0.165. The van der Waals surface area contributed by atoms with E-state index in [1.807, 2.05) is 39.0 Å². The summed E-state index contributed by atoms with van der Waals surface area (Å²) in [6, 6.07) is 10.4. The number of hydrogen-bond acceptors (Lipinski definition) is 7. The molecule has 0 fully saturated rings. The number of benzene rings is 2. The van der Waals surface area contributed by atoms with Crippen molar-refractivity contribution in [2.45, 2.75) is 39.7 Å². The number of anilines is 1. The number of fused-ring (bicyclic) bond motifs is 1. The van der Waals surface area contributed by atoms with Crippen LogP contribution in [0.25, 0.3) is 0 Å². The summed E-state index contributed by atoms with van der Waals surface area (Å²) in [6.07, 6.45) is 1.68. The second-order valence-corrected chi connectivity index (χ2v) is 10.0. The predicted octanol–water partition coefficient (Wildman–Crippen LogP) is 3.68. The van der Waals surface area contributed by atoms with Crippen molar-refractivity contribution >= 4 is 21.6 Å². The van der Waals surface area contributed by atoms with Gasteiger partial charge >= 0.3 is 0 Å². The van der Waals surface area contributed by atoms with Gasteiger partial charge in [0.15, 0.2) is 23.0 Å². The van der Waals surface area contributed by atoms with E-state index in [1.165, 1.54) is 4.31 Å². The van der Waals surface area contributed by atoms with E-state index in [-0.39, 0.29) is 24.9 Å². The number of nitrogens with one attached hydrogen (secondary N) is 1. The Balaban J connectivity index is 1.59. The molecule has 2 aromatic carbocycles. The number of ether oxygens (including phenoxy) is 4. The molecule has 0 unspecified atom stereocenters. The number of carbonyl (C=O) groups is 1. The maximum absolute atomic E-state index is 12.6. The molecule has 0 bridgehead atoms. The van der Waals surface area contributed by atoms with E-state index >= 15 is 0 Å². The smallest absolute Gasteiger partial charge is 0.232 e. The normalized spacial score (nSPS) is 13.6. The fourth-order valence-electron chi connectivity index (χ4n) is 3.79. The predicted molar refractivity (Wildman–Crippen MR) is 134 cm³/mol. The van der Waals surface area contributed by atoms with Crippen LogP contribution in [0.1, 0.15) is 45.2 Å². The fraction of sp³-hybridized carbons (Fsp3) is 0.480. The number of hydrogen-bond donors (Lipinski definition) is 1. The Morgan fingerprint density at radius 1 is 1.03 bits per heavy atom. The zero-order chi connectivity index (χ0) is 25.4. The molecule has 0 radical (unpaired) electrons. The van der Waals surface area contributed by atoms with Crippen LogP contribution in [0.5, 0.6) is 23.0 Å². The number of rotatable bonds is 12. The second-order valence-electron chi connectivity index (χ2n) is 8.13. The van der Waals surface area contributed by atoms with Crippen LogP contribution in [0.4, 0.5) is 5.69 Å². The van der Waals surface area contributed by atoms with E-state index in [0.717, 1.165) is 11.8 Å². The van der Waals surface area contributed by atoms with Gasteiger partial charge in [-0.1, -0.05) is 6.07 Å². The first-order valence-corrected chi connectivity index (χ1v) is 13.6. The van der Waals surface area contributed by atoms with Gasteiger partial charge in [0, 0.05) is 19.0 Å². The first-order chi connectivity index (χ1) is 16.7. The molecule has 10 heteroatoms. The lowest BCUT2D eigenvalue weighted by Crippen LogP contribution is -2.32. The fourth-order valence-corrected chi connectivity index (χ4v) is 4.75. The number of amides is 1. The second kappa shape index (κ2) is 12.0. The molecule has 1 atom stereocenters. The van der Waals surface area contributed by atoms with Crippen molar-refractivity contribution in [3.05, 3.63) is 42.0 Å². The Morgan fingerprint density at radius 3 is 2.40 bits per heavy atom. The monoisotopic (exact) mass is 506 g/mol. The highest BCUT2D eigenvalue weighted by Crippen LogP contribution is 2.35. The summed E-state index contributed by atoms with van der Waals surface area (Å²) in [5, 5.41) is 2.97. The maximum Gasteiger partial charge on any atom is 0.232 e. The van der Waals surface area contributed by atoms with Crippen molar-refractivity contribution in [1.29, 1.82) is 0 Å². The van der Waals surface area contributed by atoms with Crippen LogP contribution in [0.3, 0.4) is 0 Å². The molecule has 1 heterocycles. The average molecular weight is 507 g/mol. The summed E-state index contributed by atoms with van der Waals surface area (Å²) in [4.78, 5) is 12.6. The number of carbonyl (C=O) groups excluding carboxylic acids is 1. The van der Waals surface area contributed by atoms with Crippen molar-refractivity contribution in [3.63, 3.8) is 0 Å². The molecule has 1 N–H and O–H groups in total. The van der Waals surface area contributed by atoms with Crippen LogP contribution >= 0.6 is 0 Å². The molecular weight excluding hydrogens is 472 g/mol. The van der Waals surface area contributed by atoms with Gasteiger partial charge in [-0.2, -0.15) is 0 Å². The van der Waals surface area contributed by atoms with E-state index < -0.39 is 10.0 Å². The standard InChI is InChI=1S/C25H34N2O7S/c1-5-31-21-11-9-19(16-23(21)32-6-2)18(3)26-25(28)8-7-13-27(35(4,29)30)20-10-12-22-24(17-20)34-15-14-33-22/h9-12,16-18H,5-8,13-15H2,1-4H3,(H,26,28)/t18-/m1/s1. The van der Waals surface area contributed by atoms with Crippen molar-refractivity contribution < 1.29 is 32.2 Å². The molecule has 1 aliphatic heterocycles. The summed E-state index contributed by atoms with van der Waals surface area (Å²) >= 11 is 0. The molecule has 0 aliphatic carbocycles. The first-order valence-electron chi connectivity index (χ1n) is 11.8. The van der Waals surface area contributed by atoms with Gasteiger partial charge in [-0.15, -0.1) is 0 Å². The third-order valence-electron chi connectivity index (χ3n) is 5.42. The lowest BCUT2D eigenvalue weighted by molar-refractivity contribution is -0.121. The SMILES string of the molecule is CCOc1ccc([C@@H](C)NC(=O)CCCN(c2ccc3c(c2)OCCO3)S(C)(=O)=O)cc1OCC. The molecule has 0 saturated carbocycles. The third kappa shape index (κ3) is 7.17. The largest absolute Gasteiger partial charge is 0.490 e. The van der Waals surface area contributed by atoms with E-state index in [0.29, 0.717) is 61.5 Å². The molecule has 1 amide bonds. The Morgan fingerprint density at radius 2 is 1.71 bits per heavy atom. The van der Waals surface area contributed by atoms with Crippen molar-refractivity contribution in [1.82, 2.24) is 5.32 Å². The van der Waals surface area contributed by atoms with Crippen LogP contribution in [0.15, 0.2) is 36.4 Å². The summed E-state index contributed by atoms with van der Waals surface area (Å²) in [5.74, 6) is 2.23. The van der Waals surface area contributed by atoms with Gasteiger partial charge in [0.1, 0.15) is 13.2 Å². The van der Waals surface area contributed by atoms with Gasteiger partial charge in [0.2, 0.25) is 15.9 Å². The maximum atomic E-state index is 12.6. The first kappa shape index (κ1) is 26.5. The third-order valence-corrected chi connectivity index (χ3v) is 6.62. The molecule has 0 spiro atoms. The van der Waals surface area contributed by atoms with Crippen LogP contribution < -0.4 is 28.6 Å². The average Bonchev–Trinajstić information content (AvgIpc) is 2.82. The highest BCUT2D eigenvalue weighted by molar-refractivity contribution is 7.92. The lowest BCUT2D eigenvalue weighted by atomic mass is 10.1. The summed E-state index contributed by atoms with van der Waals surface area (Å²) in [6.45, 7) is 7.77. The molecule has 0 aromatic heterocycles. The summed E-state index contributed by atoms with van der Waals surface area (Å²) in [7, 11) is -3.55. The Hall–Kier alpha value is -3.14. The highest BCUT2D eigenvalue weighted by Gasteiger charge is 2.21.